The van der Waals surface area contributed by atoms with Crippen molar-refractivity contribution >= 4 is 34.4 Å². The van der Waals surface area contributed by atoms with Crippen LogP contribution in [0.4, 0.5) is 34.1 Å². The van der Waals surface area contributed by atoms with E-state index in [1.165, 1.54) is 12.1 Å². The quantitative estimate of drug-likeness (QED) is 0.317. The summed E-state index contributed by atoms with van der Waals surface area (Å²) in [5.41, 5.74) is 1.63. The summed E-state index contributed by atoms with van der Waals surface area (Å²) in [5.74, 6) is -0.301. The Morgan fingerprint density at radius 3 is 2.09 bits per heavy atom. The molecule has 0 fully saturated rings. The van der Waals surface area contributed by atoms with Crippen molar-refractivity contribution in [3.8, 4) is 0 Å². The Morgan fingerprint density at radius 1 is 1.06 bits per heavy atom. The van der Waals surface area contributed by atoms with Gasteiger partial charge in [0.15, 0.2) is 0 Å². The molecule has 0 spiro atoms. The number of hydrogen-bond donors (Lipinski definition) is 4. The van der Waals surface area contributed by atoms with Crippen molar-refractivity contribution in [3.05, 3.63) is 54.1 Å². The van der Waals surface area contributed by atoms with Crippen molar-refractivity contribution in [3.63, 3.8) is 0 Å². The number of aryl methyl sites for hydroxylation is 1. The van der Waals surface area contributed by atoms with Gasteiger partial charge in [0.2, 0.25) is 5.91 Å². The molecule has 2 aromatic rings. The van der Waals surface area contributed by atoms with Gasteiger partial charge in [0.1, 0.15) is 0 Å². The monoisotopic (exact) mass is 499 g/mol. The number of amides is 1. The summed E-state index contributed by atoms with van der Waals surface area (Å²) in [6.45, 7) is 5.19. The summed E-state index contributed by atoms with van der Waals surface area (Å²) < 4.78 is 68.9. The minimum atomic E-state index is -3.72. The lowest BCUT2D eigenvalue weighted by molar-refractivity contribution is -0.117. The lowest BCUT2D eigenvalue weighted by atomic mass is 9.86. The minimum Gasteiger partial charge on any atom is -0.437 e. The minimum absolute atomic E-state index is 0.156. The lowest BCUT2D eigenvalue weighted by Gasteiger charge is -2.19. The number of carbonyl (C=O) groups is 1. The number of benzene rings is 2. The summed E-state index contributed by atoms with van der Waals surface area (Å²) in [4.78, 5) is 12.6. The summed E-state index contributed by atoms with van der Waals surface area (Å²) in [7, 11) is -4.03. The van der Waals surface area contributed by atoms with Crippen LogP contribution in [0.1, 0.15) is 18.9 Å². The van der Waals surface area contributed by atoms with Gasteiger partial charge in [-0.1, -0.05) is 31.2 Å². The largest absolute Gasteiger partial charge is 0.437 e. The van der Waals surface area contributed by atoms with Crippen molar-refractivity contribution in [2.45, 2.75) is 38.0 Å². The van der Waals surface area contributed by atoms with E-state index in [0.717, 1.165) is 5.56 Å². The molecule has 0 radical (unpaired) electrons. The Labute approximate surface area is 190 Å². The molecular formula is C19H27BF5N3O4S. The van der Waals surface area contributed by atoms with Crippen LogP contribution in [0.5, 0.6) is 0 Å². The van der Waals surface area contributed by atoms with Gasteiger partial charge in [-0.3, -0.25) is 13.9 Å². The van der Waals surface area contributed by atoms with E-state index in [1.807, 2.05) is 13.8 Å². The second-order valence-corrected chi connectivity index (χ2v) is 7.92. The second-order valence-electron chi connectivity index (χ2n) is 6.24. The third-order valence-electron chi connectivity index (χ3n) is 3.97. The van der Waals surface area contributed by atoms with Crippen molar-refractivity contribution < 1.29 is 40.9 Å². The first kappa shape index (κ1) is 32.5. The van der Waals surface area contributed by atoms with E-state index < -0.39 is 23.1 Å². The van der Waals surface area contributed by atoms with Crippen LogP contribution in [0.15, 0.2) is 53.4 Å². The molecule has 7 nitrogen and oxygen atoms in total. The van der Waals surface area contributed by atoms with Crippen LogP contribution in [0.25, 0.3) is 0 Å². The molecule has 0 aliphatic heterocycles. The van der Waals surface area contributed by atoms with Gasteiger partial charge in [-0.15, -0.1) is 0 Å². The zero-order valence-electron chi connectivity index (χ0n) is 18.5. The van der Waals surface area contributed by atoms with Crippen molar-refractivity contribution in [2.24, 2.45) is 0 Å². The normalized spacial score (nSPS) is 10.6. The summed E-state index contributed by atoms with van der Waals surface area (Å²) >= 11 is 0. The number of alkyl halides is 1. The van der Waals surface area contributed by atoms with Gasteiger partial charge in [0.05, 0.1) is 23.8 Å². The molecule has 0 unspecified atom stereocenters. The average molecular weight is 499 g/mol. The molecule has 0 aromatic heterocycles. The first-order valence-electron chi connectivity index (χ1n) is 9.33. The van der Waals surface area contributed by atoms with Gasteiger partial charge in [-0.25, -0.2) is 8.42 Å². The maximum Gasteiger partial charge on any atom is 0.374 e. The first-order valence-corrected chi connectivity index (χ1v) is 10.8. The highest BCUT2D eigenvalue weighted by atomic mass is 32.2. The number of nitrogens with one attached hydrogen (secondary N) is 3. The summed E-state index contributed by atoms with van der Waals surface area (Å²) in [6, 6.07) is 12.4. The zero-order chi connectivity index (χ0) is 26.0. The third kappa shape index (κ3) is 11.6. The highest BCUT2D eigenvalue weighted by molar-refractivity contribution is 7.92. The van der Waals surface area contributed by atoms with E-state index in [9.17, 15) is 22.6 Å². The molecule has 1 amide bonds. The predicted molar refractivity (Wildman–Crippen MR) is 120 cm³/mol. The van der Waals surface area contributed by atoms with E-state index >= 15 is 0 Å². The molecule has 0 bridgehead atoms. The van der Waals surface area contributed by atoms with Crippen molar-refractivity contribution in [1.82, 2.24) is 5.23 Å². The number of carbonyl (C=O) groups excluding carboxylic acids is 1. The zero-order valence-corrected chi connectivity index (χ0v) is 19.3. The number of rotatable bonds is 8. The molecule has 4 N–H and O–H groups in total. The molecular weight excluding hydrogens is 472 g/mol. The Bertz CT molecular complexity index is 910. The highest BCUT2D eigenvalue weighted by Crippen LogP contribution is 2.23. The van der Waals surface area contributed by atoms with E-state index in [1.54, 1.807) is 43.2 Å². The molecule has 0 heterocycles. The Morgan fingerprint density at radius 2 is 1.61 bits per heavy atom. The fourth-order valence-corrected chi connectivity index (χ4v) is 3.59. The molecule has 1 atom stereocenters. The molecule has 0 saturated carbocycles. The van der Waals surface area contributed by atoms with Crippen molar-refractivity contribution in [2.75, 3.05) is 17.2 Å². The summed E-state index contributed by atoms with van der Waals surface area (Å²) in [6.07, 6.45) is 0.496. The molecule has 0 aliphatic carbocycles. The lowest BCUT2D eigenvalue weighted by Crippen LogP contribution is -2.46. The molecule has 2 aromatic carbocycles. The molecule has 186 valence electrons. The van der Waals surface area contributed by atoms with Gasteiger partial charge in [0, 0.05) is 24.0 Å². The van der Waals surface area contributed by atoms with Gasteiger partial charge >= 0.3 is 7.05 Å². The smallest absolute Gasteiger partial charge is 0.374 e. The van der Waals surface area contributed by atoms with E-state index in [4.69, 9.17) is 18.3 Å². The molecule has 33 heavy (non-hydrogen) atoms. The topological polar surface area (TPSA) is 108 Å². The van der Waals surface area contributed by atoms with Crippen LogP contribution in [-0.2, 0) is 14.8 Å². The van der Waals surface area contributed by atoms with Gasteiger partial charge in [0.25, 0.3) is 10.0 Å². The van der Waals surface area contributed by atoms with Crippen LogP contribution in [-0.4, -0.2) is 39.6 Å². The van der Waals surface area contributed by atoms with E-state index in [-0.39, 0.29) is 10.8 Å². The van der Waals surface area contributed by atoms with Gasteiger partial charge in [-0.05, 0) is 50.0 Å². The fraction of sp³-hybridized carbons (Fsp3) is 0.316. The molecule has 14 heteroatoms. The average Bonchev–Trinajstić information content (AvgIpc) is 2.83. The third-order valence-corrected chi connectivity index (χ3v) is 5.37. The summed E-state index contributed by atoms with van der Waals surface area (Å²) in [5, 5.41) is 15.0. The number of halogens is 5. The SMILES string of the molecule is CC[C@H](NB(C)O)C(=O)Nc1cc(NS(=O)(=O)c2ccccc2)ccc1C.CF.FF.FF. The number of anilines is 2. The maximum atomic E-state index is 12.5. The first-order chi connectivity index (χ1) is 15.7. The fourth-order valence-electron chi connectivity index (χ4n) is 2.52. The maximum absolute atomic E-state index is 12.5. The van der Waals surface area contributed by atoms with Crippen LogP contribution in [0, 0.1) is 6.92 Å². The number of hydrogen-bond acceptors (Lipinski definition) is 5. The van der Waals surface area contributed by atoms with E-state index in [2.05, 4.69) is 15.3 Å². The van der Waals surface area contributed by atoms with Crippen LogP contribution in [0.2, 0.25) is 6.82 Å². The Balaban J connectivity index is 0. The number of sulfonamides is 1. The van der Waals surface area contributed by atoms with E-state index in [0.29, 0.717) is 25.0 Å². The van der Waals surface area contributed by atoms with Crippen LogP contribution >= 0.6 is 0 Å². The molecule has 2 rings (SSSR count). The van der Waals surface area contributed by atoms with Gasteiger partial charge < -0.3 is 15.6 Å². The molecule has 0 saturated heterocycles. The van der Waals surface area contributed by atoms with Crippen LogP contribution < -0.4 is 15.3 Å². The van der Waals surface area contributed by atoms with Gasteiger partial charge in [-0.2, -0.15) is 0 Å². The van der Waals surface area contributed by atoms with Crippen LogP contribution in [0.3, 0.4) is 0 Å². The molecule has 0 aliphatic rings. The van der Waals surface area contributed by atoms with Crippen molar-refractivity contribution in [1.29, 1.82) is 0 Å². The Kier molecular flexibility index (Phi) is 17.5. The second kappa shape index (κ2) is 17.8. The highest BCUT2D eigenvalue weighted by Gasteiger charge is 2.20. The Hall–Kier alpha value is -2.71. The predicted octanol–water partition coefficient (Wildman–Crippen LogP) is 4.48. The standard InChI is InChI=1S/C18H24BN3O4S.CH3F.2F2/c1-4-16(21-19(3)24)18(23)20-17-12-14(11-10-13(17)2)22-27(25,26)15-8-6-5-7-9-15;3*1-2/h5-12,16,21-22,24H,4H2,1-3H3,(H,20,23);1H3;;/t16-;;;/m0.../s1.